The molecule has 2 aromatic carbocycles. The second-order valence-electron chi connectivity index (χ2n) is 8.05. The van der Waals surface area contributed by atoms with Crippen molar-refractivity contribution in [2.75, 3.05) is 23.2 Å². The number of hydrogen-bond acceptors (Lipinski definition) is 5. The number of aromatic hydroxyl groups is 1. The highest BCUT2D eigenvalue weighted by Crippen LogP contribution is 2.43. The number of sulfonamides is 1. The van der Waals surface area contributed by atoms with E-state index < -0.39 is 20.8 Å². The van der Waals surface area contributed by atoms with Crippen LogP contribution in [-0.2, 0) is 16.4 Å². The fraction of sp³-hybridized carbons (Fsp3) is 0.455. The maximum atomic E-state index is 11.9. The van der Waals surface area contributed by atoms with E-state index >= 15 is 0 Å². The normalized spacial score (nSPS) is 18.5. The molecule has 164 valence electrons. The molecule has 1 aliphatic heterocycles. The van der Waals surface area contributed by atoms with Gasteiger partial charge in [0.1, 0.15) is 34.7 Å². The van der Waals surface area contributed by atoms with Crippen LogP contribution in [-0.4, -0.2) is 38.0 Å². The molecule has 0 fully saturated rings. The smallest absolute Gasteiger partial charge is 0.248 e. The Hall–Kier alpha value is -2.12. The number of anilines is 1. The molecule has 1 unspecified atom stereocenters. The molecule has 1 aliphatic rings. The summed E-state index contributed by atoms with van der Waals surface area (Å²) >= 11 is 5.51. The van der Waals surface area contributed by atoms with Gasteiger partial charge < -0.3 is 14.6 Å². The third kappa shape index (κ3) is 4.18. The summed E-state index contributed by atoms with van der Waals surface area (Å²) in [6, 6.07) is 6.82. The molecule has 3 rings (SSSR count). The van der Waals surface area contributed by atoms with E-state index in [0.29, 0.717) is 23.8 Å². The second kappa shape index (κ2) is 8.19. The lowest BCUT2D eigenvalue weighted by molar-refractivity contribution is 0.0166. The van der Waals surface area contributed by atoms with Gasteiger partial charge in [-0.1, -0.05) is 0 Å². The Kier molecular flexibility index (Phi) is 6.16. The fourth-order valence-corrected chi connectivity index (χ4v) is 4.65. The number of alkyl halides is 1. The first kappa shape index (κ1) is 22.6. The number of nitrogens with zero attached hydrogens (tertiary/aromatic N) is 1. The van der Waals surface area contributed by atoms with Crippen molar-refractivity contribution in [1.29, 1.82) is 0 Å². The number of hydrogen-bond donors (Lipinski definition) is 1. The van der Waals surface area contributed by atoms with Crippen LogP contribution in [0.1, 0.15) is 35.6 Å². The summed E-state index contributed by atoms with van der Waals surface area (Å²) in [7, 11) is -2.06. The van der Waals surface area contributed by atoms with Crippen molar-refractivity contribution in [3.63, 3.8) is 0 Å². The maximum Gasteiger partial charge on any atom is 0.248 e. The summed E-state index contributed by atoms with van der Waals surface area (Å²) < 4.78 is 37.3. The molecular formula is C22H28ClNO5S. The molecule has 6 nitrogen and oxygen atoms in total. The monoisotopic (exact) mass is 453 g/mol. The van der Waals surface area contributed by atoms with Crippen LogP contribution in [0, 0.1) is 20.8 Å². The number of phenols is 1. The summed E-state index contributed by atoms with van der Waals surface area (Å²) in [5.41, 5.74) is 3.72. The van der Waals surface area contributed by atoms with Crippen molar-refractivity contribution in [3.05, 3.63) is 46.5 Å². The lowest BCUT2D eigenvalue weighted by Gasteiger charge is -2.37. The molecule has 1 heterocycles. The molecular weight excluding hydrogens is 426 g/mol. The van der Waals surface area contributed by atoms with E-state index in [0.717, 1.165) is 45.2 Å². The Morgan fingerprint density at radius 3 is 2.40 bits per heavy atom. The lowest BCUT2D eigenvalue weighted by Crippen LogP contribution is -2.42. The minimum Gasteiger partial charge on any atom is -0.507 e. The van der Waals surface area contributed by atoms with Crippen molar-refractivity contribution in [3.8, 4) is 17.2 Å². The van der Waals surface area contributed by atoms with Crippen LogP contribution in [0.25, 0.3) is 0 Å². The molecule has 0 radical (unpaired) electrons. The first-order valence-electron chi connectivity index (χ1n) is 9.75. The van der Waals surface area contributed by atoms with Gasteiger partial charge in [0.05, 0.1) is 5.69 Å². The van der Waals surface area contributed by atoms with Gasteiger partial charge in [0.25, 0.3) is 0 Å². The van der Waals surface area contributed by atoms with Crippen LogP contribution in [0.3, 0.4) is 0 Å². The SMILES string of the molecule is Cc1c(C)c2c(c(C)c1O)CCC(C)(COc1ccc(N(C)S(=O)(=O)CCl)cc1)O2. The Morgan fingerprint density at radius 1 is 1.17 bits per heavy atom. The third-order valence-electron chi connectivity index (χ3n) is 5.89. The van der Waals surface area contributed by atoms with Gasteiger partial charge >= 0.3 is 0 Å². The van der Waals surface area contributed by atoms with Gasteiger partial charge in [0, 0.05) is 12.6 Å². The number of phenolic OH excluding ortho intramolecular Hbond substituents is 1. The zero-order valence-electron chi connectivity index (χ0n) is 18.0. The van der Waals surface area contributed by atoms with E-state index in [4.69, 9.17) is 21.1 Å². The van der Waals surface area contributed by atoms with Crippen molar-refractivity contribution in [2.45, 2.75) is 46.1 Å². The Labute approximate surface area is 183 Å². The Balaban J connectivity index is 1.73. The molecule has 8 heteroatoms. The van der Waals surface area contributed by atoms with E-state index in [9.17, 15) is 13.5 Å². The zero-order chi connectivity index (χ0) is 22.3. The van der Waals surface area contributed by atoms with E-state index in [1.54, 1.807) is 24.3 Å². The van der Waals surface area contributed by atoms with Gasteiger partial charge in [-0.25, -0.2) is 8.42 Å². The van der Waals surface area contributed by atoms with Gasteiger partial charge in [0.2, 0.25) is 10.0 Å². The van der Waals surface area contributed by atoms with Crippen molar-refractivity contribution >= 4 is 27.3 Å². The molecule has 0 aromatic heterocycles. The zero-order valence-corrected chi connectivity index (χ0v) is 19.5. The average Bonchev–Trinajstić information content (AvgIpc) is 2.74. The third-order valence-corrected chi connectivity index (χ3v) is 8.04. The van der Waals surface area contributed by atoms with Crippen molar-refractivity contribution < 1.29 is 23.0 Å². The number of benzene rings is 2. The maximum absolute atomic E-state index is 11.9. The molecule has 0 bridgehead atoms. The quantitative estimate of drug-likeness (QED) is 0.654. The van der Waals surface area contributed by atoms with Crippen LogP contribution in [0.2, 0.25) is 0 Å². The highest BCUT2D eigenvalue weighted by Gasteiger charge is 2.35. The summed E-state index contributed by atoms with van der Waals surface area (Å²) in [6.07, 6.45) is 1.56. The van der Waals surface area contributed by atoms with Crippen LogP contribution >= 0.6 is 11.6 Å². The highest BCUT2D eigenvalue weighted by atomic mass is 35.5. The lowest BCUT2D eigenvalue weighted by atomic mass is 9.87. The molecule has 1 atom stereocenters. The summed E-state index contributed by atoms with van der Waals surface area (Å²) in [6.45, 7) is 8.14. The van der Waals surface area contributed by atoms with E-state index in [1.807, 2.05) is 27.7 Å². The second-order valence-corrected chi connectivity index (χ2v) is 10.6. The molecule has 0 saturated heterocycles. The van der Waals surface area contributed by atoms with Gasteiger partial charge in [-0.3, -0.25) is 4.31 Å². The van der Waals surface area contributed by atoms with Crippen molar-refractivity contribution in [1.82, 2.24) is 0 Å². The number of fused-ring (bicyclic) bond motifs is 1. The predicted molar refractivity (Wildman–Crippen MR) is 120 cm³/mol. The van der Waals surface area contributed by atoms with E-state index in [2.05, 4.69) is 0 Å². The van der Waals surface area contributed by atoms with Crippen LogP contribution in [0.5, 0.6) is 17.2 Å². The minimum atomic E-state index is -3.53. The van der Waals surface area contributed by atoms with Crippen LogP contribution in [0.15, 0.2) is 24.3 Å². The largest absolute Gasteiger partial charge is 0.507 e. The predicted octanol–water partition coefficient (Wildman–Crippen LogP) is 4.44. The Morgan fingerprint density at radius 2 is 1.80 bits per heavy atom. The van der Waals surface area contributed by atoms with E-state index in [1.165, 1.54) is 7.05 Å². The van der Waals surface area contributed by atoms with Crippen LogP contribution in [0.4, 0.5) is 5.69 Å². The number of halogens is 1. The average molecular weight is 454 g/mol. The molecule has 2 aromatic rings. The Bertz CT molecular complexity index is 1050. The van der Waals surface area contributed by atoms with Gasteiger partial charge in [-0.05, 0) is 81.5 Å². The van der Waals surface area contributed by atoms with Crippen molar-refractivity contribution in [2.24, 2.45) is 0 Å². The first-order chi connectivity index (χ1) is 14.0. The molecule has 0 spiro atoms. The summed E-state index contributed by atoms with van der Waals surface area (Å²) in [5, 5.41) is 9.85. The minimum absolute atomic E-state index is 0.343. The first-order valence-corrected chi connectivity index (χ1v) is 11.9. The van der Waals surface area contributed by atoms with Gasteiger partial charge in [-0.2, -0.15) is 0 Å². The summed E-state index contributed by atoms with van der Waals surface area (Å²) in [4.78, 5) is 0. The molecule has 0 saturated carbocycles. The molecule has 30 heavy (non-hydrogen) atoms. The molecule has 1 N–H and O–H groups in total. The van der Waals surface area contributed by atoms with E-state index in [-0.39, 0.29) is 0 Å². The van der Waals surface area contributed by atoms with Crippen LogP contribution < -0.4 is 13.8 Å². The topological polar surface area (TPSA) is 76.1 Å². The summed E-state index contributed by atoms with van der Waals surface area (Å²) in [5.74, 6) is 1.81. The van der Waals surface area contributed by atoms with Gasteiger partial charge in [-0.15, -0.1) is 11.6 Å². The number of ether oxygens (including phenoxy) is 2. The highest BCUT2D eigenvalue weighted by molar-refractivity contribution is 7.93. The molecule has 0 amide bonds. The van der Waals surface area contributed by atoms with Gasteiger partial charge in [0.15, 0.2) is 0 Å². The fourth-order valence-electron chi connectivity index (χ4n) is 3.62. The standard InChI is InChI=1S/C22H28ClNO5S/c1-14-15(2)21-19(16(3)20(14)25)10-11-22(4,29-21)12-28-18-8-6-17(7-9-18)24(5)30(26,27)13-23/h6-9,25H,10-13H2,1-5H3. The molecule has 0 aliphatic carbocycles. The number of rotatable bonds is 6.